The minimum Gasteiger partial charge on any atom is -0.444 e. The fraction of sp³-hybridized carbons (Fsp3) is 0.917. The van der Waals surface area contributed by atoms with E-state index < -0.39 is 11.7 Å². The maximum atomic E-state index is 11.5. The molecule has 0 aromatic heterocycles. The van der Waals surface area contributed by atoms with Crippen LogP contribution < -0.4 is 11.1 Å². The number of nitrogens with one attached hydrogen (secondary N) is 1. The second-order valence-corrected chi connectivity index (χ2v) is 6.35. The summed E-state index contributed by atoms with van der Waals surface area (Å²) in [6, 6.07) is 0. The highest BCUT2D eigenvalue weighted by molar-refractivity contribution is 5.67. The van der Waals surface area contributed by atoms with E-state index >= 15 is 0 Å². The van der Waals surface area contributed by atoms with Crippen molar-refractivity contribution in [2.24, 2.45) is 5.73 Å². The number of hydrogen-bond acceptors (Lipinski definition) is 4. The highest BCUT2D eigenvalue weighted by Gasteiger charge is 2.56. The average Bonchev–Trinajstić information content (AvgIpc) is 2.10. The molecular formula is C12H22N2O3. The third-order valence-corrected chi connectivity index (χ3v) is 3.31. The summed E-state index contributed by atoms with van der Waals surface area (Å²) in [5, 5.41) is 2.76. The van der Waals surface area contributed by atoms with Gasteiger partial charge in [-0.15, -0.1) is 0 Å². The van der Waals surface area contributed by atoms with Gasteiger partial charge in [0.1, 0.15) is 5.60 Å². The molecule has 0 aromatic carbocycles. The average molecular weight is 242 g/mol. The molecule has 3 aliphatic rings. The largest absolute Gasteiger partial charge is 0.444 e. The molecule has 5 heteroatoms. The van der Waals surface area contributed by atoms with Gasteiger partial charge in [0, 0.05) is 12.1 Å². The molecule has 0 atom stereocenters. The van der Waals surface area contributed by atoms with E-state index in [2.05, 4.69) is 5.32 Å². The van der Waals surface area contributed by atoms with Crippen molar-refractivity contribution in [3.63, 3.8) is 0 Å². The van der Waals surface area contributed by atoms with Crippen LogP contribution in [0.4, 0.5) is 4.79 Å². The predicted octanol–water partition coefficient (Wildman–Crippen LogP) is 1.16. The number of rotatable bonds is 2. The minimum atomic E-state index is -0.466. The Hall–Kier alpha value is -0.810. The molecule has 0 unspecified atom stereocenters. The van der Waals surface area contributed by atoms with Crippen molar-refractivity contribution < 1.29 is 14.3 Å². The fourth-order valence-electron chi connectivity index (χ4n) is 2.70. The number of fused-ring (bicyclic) bond motifs is 2. The van der Waals surface area contributed by atoms with Crippen molar-refractivity contribution in [1.82, 2.24) is 5.32 Å². The number of nitrogens with two attached hydrogens (primary N) is 1. The molecule has 3 fully saturated rings. The maximum absolute atomic E-state index is 11.5. The molecular weight excluding hydrogens is 220 g/mol. The Morgan fingerprint density at radius 2 is 2.12 bits per heavy atom. The summed E-state index contributed by atoms with van der Waals surface area (Å²) in [6.45, 7) is 6.70. The second-order valence-electron chi connectivity index (χ2n) is 6.35. The zero-order valence-electron chi connectivity index (χ0n) is 10.8. The predicted molar refractivity (Wildman–Crippen MR) is 63.7 cm³/mol. The summed E-state index contributed by atoms with van der Waals surface area (Å²) in [5.74, 6) is 0. The Kier molecular flexibility index (Phi) is 2.86. The monoisotopic (exact) mass is 242 g/mol. The van der Waals surface area contributed by atoms with Crippen LogP contribution in [0.25, 0.3) is 0 Å². The lowest BCUT2D eigenvalue weighted by Crippen LogP contribution is -2.70. The van der Waals surface area contributed by atoms with E-state index in [1.807, 2.05) is 20.8 Å². The van der Waals surface area contributed by atoms with Gasteiger partial charge >= 0.3 is 6.09 Å². The van der Waals surface area contributed by atoms with Gasteiger partial charge in [0.05, 0.1) is 12.1 Å². The molecule has 0 spiro atoms. The van der Waals surface area contributed by atoms with Crippen LogP contribution in [0.3, 0.4) is 0 Å². The second kappa shape index (κ2) is 3.85. The van der Waals surface area contributed by atoms with Crippen LogP contribution in [-0.2, 0) is 9.47 Å². The molecule has 98 valence electrons. The normalized spacial score (nSPS) is 36.0. The zero-order valence-corrected chi connectivity index (χ0v) is 10.8. The molecule has 1 amide bonds. The lowest BCUT2D eigenvalue weighted by molar-refractivity contribution is -0.184. The summed E-state index contributed by atoms with van der Waals surface area (Å²) < 4.78 is 10.9. The van der Waals surface area contributed by atoms with E-state index in [9.17, 15) is 4.79 Å². The first-order valence-corrected chi connectivity index (χ1v) is 6.12. The summed E-state index contributed by atoms with van der Waals surface area (Å²) >= 11 is 0. The highest BCUT2D eigenvalue weighted by Crippen LogP contribution is 2.48. The van der Waals surface area contributed by atoms with Gasteiger partial charge in [0.25, 0.3) is 0 Å². The molecule has 2 heterocycles. The molecule has 0 radical (unpaired) electrons. The molecule has 0 aromatic rings. The third kappa shape index (κ3) is 2.90. The smallest absolute Gasteiger partial charge is 0.407 e. The number of carbonyl (C=O) groups excluding carboxylic acids is 1. The number of hydrogen-bond donors (Lipinski definition) is 2. The summed E-state index contributed by atoms with van der Waals surface area (Å²) in [5.41, 5.74) is 5.34. The van der Waals surface area contributed by atoms with Crippen LogP contribution >= 0.6 is 0 Å². The van der Waals surface area contributed by atoms with Gasteiger partial charge in [0.2, 0.25) is 0 Å². The molecule has 2 aliphatic heterocycles. The van der Waals surface area contributed by atoms with Crippen LogP contribution in [0.5, 0.6) is 0 Å². The molecule has 5 nitrogen and oxygen atoms in total. The van der Waals surface area contributed by atoms with Crippen LogP contribution in [0, 0.1) is 0 Å². The van der Waals surface area contributed by atoms with Gasteiger partial charge in [0.15, 0.2) is 0 Å². The van der Waals surface area contributed by atoms with E-state index in [1.165, 1.54) is 0 Å². The Morgan fingerprint density at radius 3 is 2.65 bits per heavy atom. The highest BCUT2D eigenvalue weighted by atomic mass is 16.6. The maximum Gasteiger partial charge on any atom is 0.407 e. The van der Waals surface area contributed by atoms with Crippen molar-refractivity contribution in [3.8, 4) is 0 Å². The van der Waals surface area contributed by atoms with Crippen LogP contribution in [0.15, 0.2) is 0 Å². The Morgan fingerprint density at radius 1 is 1.47 bits per heavy atom. The lowest BCUT2D eigenvalue weighted by Gasteiger charge is -2.58. The van der Waals surface area contributed by atoms with Crippen LogP contribution in [-0.4, -0.2) is 36.0 Å². The van der Waals surface area contributed by atoms with Crippen molar-refractivity contribution in [2.45, 2.75) is 56.8 Å². The van der Waals surface area contributed by atoms with Crippen LogP contribution in [0.1, 0.15) is 40.0 Å². The molecule has 3 rings (SSSR count). The first-order valence-electron chi connectivity index (χ1n) is 6.12. The number of ether oxygens (including phenoxy) is 2. The molecule has 1 saturated carbocycles. The van der Waals surface area contributed by atoms with Crippen molar-refractivity contribution in [3.05, 3.63) is 0 Å². The van der Waals surface area contributed by atoms with E-state index in [1.54, 1.807) is 0 Å². The summed E-state index contributed by atoms with van der Waals surface area (Å²) in [4.78, 5) is 11.5. The van der Waals surface area contributed by atoms with Gasteiger partial charge in [-0.2, -0.15) is 0 Å². The SMILES string of the molecule is CC(C)(C)OC(=O)NCC12CC(N)(CCO1)C2. The Bertz CT molecular complexity index is 316. The lowest BCUT2D eigenvalue weighted by atomic mass is 9.62. The van der Waals surface area contributed by atoms with Crippen molar-refractivity contribution in [1.29, 1.82) is 0 Å². The quantitative estimate of drug-likeness (QED) is 0.762. The van der Waals surface area contributed by atoms with Crippen LogP contribution in [0.2, 0.25) is 0 Å². The van der Waals surface area contributed by atoms with Gasteiger partial charge in [-0.25, -0.2) is 4.79 Å². The minimum absolute atomic E-state index is 0.0616. The molecule has 3 N–H and O–H groups in total. The van der Waals surface area contributed by atoms with E-state index in [0.717, 1.165) is 19.3 Å². The topological polar surface area (TPSA) is 73.6 Å². The Labute approximate surface area is 102 Å². The van der Waals surface area contributed by atoms with E-state index in [0.29, 0.717) is 13.2 Å². The first-order chi connectivity index (χ1) is 7.72. The first kappa shape index (κ1) is 12.6. The number of alkyl carbamates (subject to hydrolysis) is 1. The number of amides is 1. The number of carbonyl (C=O) groups is 1. The standard InChI is InChI=1S/C12H22N2O3/c1-10(2,3)17-9(15)14-8-12-6-11(13,7-12)4-5-16-12/h4-8,13H2,1-3H3,(H,14,15). The van der Waals surface area contributed by atoms with Gasteiger partial charge < -0.3 is 20.5 Å². The van der Waals surface area contributed by atoms with Gasteiger partial charge in [-0.05, 0) is 40.0 Å². The molecule has 17 heavy (non-hydrogen) atoms. The van der Waals surface area contributed by atoms with Crippen molar-refractivity contribution >= 4 is 6.09 Å². The molecule has 2 saturated heterocycles. The van der Waals surface area contributed by atoms with E-state index in [4.69, 9.17) is 15.2 Å². The third-order valence-electron chi connectivity index (χ3n) is 3.31. The fourth-order valence-corrected chi connectivity index (χ4v) is 2.70. The van der Waals surface area contributed by atoms with Gasteiger partial charge in [-0.3, -0.25) is 0 Å². The van der Waals surface area contributed by atoms with Crippen molar-refractivity contribution in [2.75, 3.05) is 13.2 Å². The molecule has 1 aliphatic carbocycles. The summed E-state index contributed by atoms with van der Waals surface area (Å²) in [7, 11) is 0. The Balaban J connectivity index is 1.78. The summed E-state index contributed by atoms with van der Waals surface area (Å²) in [6.07, 6.45) is 2.18. The molecule has 2 bridgehead atoms. The van der Waals surface area contributed by atoms with Gasteiger partial charge in [-0.1, -0.05) is 0 Å². The zero-order chi connectivity index (χ0) is 12.7. The van der Waals surface area contributed by atoms with E-state index in [-0.39, 0.29) is 11.1 Å².